The van der Waals surface area contributed by atoms with Gasteiger partial charge in [-0.2, -0.15) is 0 Å². The van der Waals surface area contributed by atoms with E-state index in [1.54, 1.807) is 0 Å². The molecule has 0 spiro atoms. The molecule has 2 nitrogen and oxygen atoms in total. The second-order valence-electron chi connectivity index (χ2n) is 5.17. The monoisotopic (exact) mass is 232 g/mol. The lowest BCUT2D eigenvalue weighted by atomic mass is 10.1. The molecule has 0 radical (unpaired) electrons. The van der Waals surface area contributed by atoms with Crippen molar-refractivity contribution in [3.63, 3.8) is 0 Å². The minimum atomic E-state index is 0.735. The third kappa shape index (κ3) is 3.55. The van der Waals surface area contributed by atoms with Gasteiger partial charge in [-0.25, -0.2) is 0 Å². The van der Waals surface area contributed by atoms with Crippen LogP contribution in [0.2, 0.25) is 0 Å². The fourth-order valence-corrected chi connectivity index (χ4v) is 2.75. The van der Waals surface area contributed by atoms with Gasteiger partial charge in [-0.1, -0.05) is 30.3 Å². The van der Waals surface area contributed by atoms with Crippen LogP contribution in [0, 0.1) is 0 Å². The Hall–Kier alpha value is -0.860. The van der Waals surface area contributed by atoms with Gasteiger partial charge in [-0.3, -0.25) is 0 Å². The SMILES string of the molecule is CNC1CCC(N(C)CCc2ccccc2)C1. The van der Waals surface area contributed by atoms with E-state index in [0.717, 1.165) is 18.5 Å². The summed E-state index contributed by atoms with van der Waals surface area (Å²) in [7, 11) is 4.35. The Balaban J connectivity index is 1.76. The van der Waals surface area contributed by atoms with Crippen LogP contribution in [0.1, 0.15) is 24.8 Å². The van der Waals surface area contributed by atoms with Crippen molar-refractivity contribution < 1.29 is 0 Å². The maximum absolute atomic E-state index is 3.40. The van der Waals surface area contributed by atoms with Gasteiger partial charge in [0, 0.05) is 18.6 Å². The number of nitrogens with zero attached hydrogens (tertiary/aromatic N) is 1. The zero-order valence-electron chi connectivity index (χ0n) is 11.0. The van der Waals surface area contributed by atoms with Gasteiger partial charge in [0.05, 0.1) is 0 Å². The van der Waals surface area contributed by atoms with Crippen LogP contribution in [0.3, 0.4) is 0 Å². The average Bonchev–Trinajstić information content (AvgIpc) is 2.86. The van der Waals surface area contributed by atoms with Crippen molar-refractivity contribution in [1.82, 2.24) is 10.2 Å². The van der Waals surface area contributed by atoms with E-state index >= 15 is 0 Å². The van der Waals surface area contributed by atoms with E-state index in [1.165, 1.54) is 31.4 Å². The molecule has 94 valence electrons. The minimum absolute atomic E-state index is 0.735. The highest BCUT2D eigenvalue weighted by molar-refractivity contribution is 5.14. The van der Waals surface area contributed by atoms with Crippen LogP contribution in [0.15, 0.2) is 30.3 Å². The van der Waals surface area contributed by atoms with Crippen molar-refractivity contribution in [1.29, 1.82) is 0 Å². The summed E-state index contributed by atoms with van der Waals surface area (Å²) in [6.45, 7) is 1.17. The van der Waals surface area contributed by atoms with E-state index in [2.05, 4.69) is 54.6 Å². The molecule has 0 amide bonds. The first-order valence-electron chi connectivity index (χ1n) is 6.71. The van der Waals surface area contributed by atoms with Crippen LogP contribution in [0.25, 0.3) is 0 Å². The fourth-order valence-electron chi connectivity index (χ4n) is 2.75. The number of likely N-dealkylation sites (N-methyl/N-ethyl adjacent to an activating group) is 1. The molecule has 1 N–H and O–H groups in total. The Bertz CT molecular complexity index is 323. The number of rotatable bonds is 5. The minimum Gasteiger partial charge on any atom is -0.317 e. The first kappa shape index (κ1) is 12.6. The van der Waals surface area contributed by atoms with Gasteiger partial charge < -0.3 is 10.2 Å². The number of hydrogen-bond donors (Lipinski definition) is 1. The quantitative estimate of drug-likeness (QED) is 0.838. The zero-order chi connectivity index (χ0) is 12.1. The molecule has 0 aromatic heterocycles. The summed E-state index contributed by atoms with van der Waals surface area (Å²) in [5.74, 6) is 0. The number of nitrogens with one attached hydrogen (secondary N) is 1. The van der Waals surface area contributed by atoms with Crippen LogP contribution in [0.4, 0.5) is 0 Å². The maximum Gasteiger partial charge on any atom is 0.0108 e. The molecule has 1 aromatic rings. The van der Waals surface area contributed by atoms with Gasteiger partial charge in [0.2, 0.25) is 0 Å². The molecular formula is C15H24N2. The predicted molar refractivity (Wildman–Crippen MR) is 73.3 cm³/mol. The van der Waals surface area contributed by atoms with Crippen molar-refractivity contribution in [2.24, 2.45) is 0 Å². The Morgan fingerprint density at radius 2 is 2.00 bits per heavy atom. The smallest absolute Gasteiger partial charge is 0.0108 e. The van der Waals surface area contributed by atoms with E-state index in [0.29, 0.717) is 0 Å². The lowest BCUT2D eigenvalue weighted by molar-refractivity contribution is 0.245. The van der Waals surface area contributed by atoms with Gasteiger partial charge >= 0.3 is 0 Å². The fraction of sp³-hybridized carbons (Fsp3) is 0.600. The summed E-state index contributed by atoms with van der Waals surface area (Å²) in [5.41, 5.74) is 1.45. The normalized spacial score (nSPS) is 24.4. The summed E-state index contributed by atoms with van der Waals surface area (Å²) in [6, 6.07) is 12.3. The van der Waals surface area contributed by atoms with Crippen molar-refractivity contribution >= 4 is 0 Å². The molecule has 2 unspecified atom stereocenters. The van der Waals surface area contributed by atoms with Gasteiger partial charge in [-0.15, -0.1) is 0 Å². The van der Waals surface area contributed by atoms with E-state index < -0.39 is 0 Å². The van der Waals surface area contributed by atoms with E-state index in [9.17, 15) is 0 Å². The van der Waals surface area contributed by atoms with Crippen LogP contribution in [-0.4, -0.2) is 37.6 Å². The van der Waals surface area contributed by atoms with Gasteiger partial charge in [0.1, 0.15) is 0 Å². The highest BCUT2D eigenvalue weighted by Crippen LogP contribution is 2.23. The van der Waals surface area contributed by atoms with Crippen LogP contribution in [-0.2, 0) is 6.42 Å². The lowest BCUT2D eigenvalue weighted by Crippen LogP contribution is -2.33. The Labute approximate surface area is 105 Å². The predicted octanol–water partition coefficient (Wildman–Crippen LogP) is 2.30. The van der Waals surface area contributed by atoms with Crippen molar-refractivity contribution in [3.05, 3.63) is 35.9 Å². The highest BCUT2D eigenvalue weighted by atomic mass is 15.1. The second-order valence-corrected chi connectivity index (χ2v) is 5.17. The first-order valence-corrected chi connectivity index (χ1v) is 6.71. The van der Waals surface area contributed by atoms with Crippen LogP contribution >= 0.6 is 0 Å². The molecule has 2 atom stereocenters. The topological polar surface area (TPSA) is 15.3 Å². The molecule has 1 aliphatic carbocycles. The third-order valence-electron chi connectivity index (χ3n) is 4.03. The summed E-state index contributed by atoms with van der Waals surface area (Å²) >= 11 is 0. The average molecular weight is 232 g/mol. The first-order chi connectivity index (χ1) is 8.29. The molecule has 2 heteroatoms. The number of hydrogen-bond acceptors (Lipinski definition) is 2. The molecule has 1 aliphatic rings. The molecule has 2 rings (SSSR count). The molecular weight excluding hydrogens is 208 g/mol. The summed E-state index contributed by atoms with van der Waals surface area (Å²) < 4.78 is 0. The Kier molecular flexibility index (Phi) is 4.57. The van der Waals surface area contributed by atoms with E-state index in [-0.39, 0.29) is 0 Å². The summed E-state index contributed by atoms with van der Waals surface area (Å²) in [5, 5.41) is 3.40. The van der Waals surface area contributed by atoms with Crippen molar-refractivity contribution in [3.8, 4) is 0 Å². The molecule has 1 aromatic carbocycles. The molecule has 1 fully saturated rings. The lowest BCUT2D eigenvalue weighted by Gasteiger charge is -2.24. The summed E-state index contributed by atoms with van der Waals surface area (Å²) in [4.78, 5) is 2.53. The standard InChI is InChI=1S/C15H24N2/c1-16-14-8-9-15(12-14)17(2)11-10-13-6-4-3-5-7-13/h3-7,14-16H,8-12H2,1-2H3. The molecule has 0 aliphatic heterocycles. The third-order valence-corrected chi connectivity index (χ3v) is 4.03. The molecule has 0 bridgehead atoms. The number of benzene rings is 1. The Morgan fingerprint density at radius 1 is 1.24 bits per heavy atom. The maximum atomic E-state index is 3.40. The van der Waals surface area contributed by atoms with Gasteiger partial charge in [0.15, 0.2) is 0 Å². The molecule has 1 saturated carbocycles. The highest BCUT2D eigenvalue weighted by Gasteiger charge is 2.25. The van der Waals surface area contributed by atoms with Gasteiger partial charge in [-0.05, 0) is 45.3 Å². The van der Waals surface area contributed by atoms with Gasteiger partial charge in [0.25, 0.3) is 0 Å². The second kappa shape index (κ2) is 6.18. The molecule has 0 heterocycles. The van der Waals surface area contributed by atoms with Crippen LogP contribution in [0.5, 0.6) is 0 Å². The van der Waals surface area contributed by atoms with E-state index in [1.807, 2.05) is 0 Å². The van der Waals surface area contributed by atoms with E-state index in [4.69, 9.17) is 0 Å². The van der Waals surface area contributed by atoms with Crippen molar-refractivity contribution in [2.75, 3.05) is 20.6 Å². The largest absolute Gasteiger partial charge is 0.317 e. The summed E-state index contributed by atoms with van der Waals surface area (Å²) in [6.07, 6.45) is 5.15. The zero-order valence-corrected chi connectivity index (χ0v) is 11.0. The van der Waals surface area contributed by atoms with Crippen molar-refractivity contribution in [2.45, 2.75) is 37.8 Å². The molecule has 0 saturated heterocycles. The molecule has 17 heavy (non-hydrogen) atoms. The Morgan fingerprint density at radius 3 is 2.65 bits per heavy atom. The van der Waals surface area contributed by atoms with Crippen LogP contribution < -0.4 is 5.32 Å².